The highest BCUT2D eigenvalue weighted by molar-refractivity contribution is 6.30. The number of furan rings is 2. The predicted octanol–water partition coefficient (Wildman–Crippen LogP) is 6.36. The summed E-state index contributed by atoms with van der Waals surface area (Å²) in [6, 6.07) is 14.6. The molecule has 1 fully saturated rings. The molecule has 0 saturated heterocycles. The van der Waals surface area contributed by atoms with E-state index in [4.69, 9.17) is 25.5 Å². The molecule has 2 aliphatic rings. The average molecular weight is 433 g/mol. The van der Waals surface area contributed by atoms with E-state index in [0.29, 0.717) is 5.02 Å². The van der Waals surface area contributed by atoms with E-state index >= 15 is 0 Å². The van der Waals surface area contributed by atoms with Crippen LogP contribution in [0.1, 0.15) is 42.4 Å². The highest BCUT2D eigenvalue weighted by atomic mass is 35.5. The van der Waals surface area contributed by atoms with Crippen molar-refractivity contribution in [3.05, 3.63) is 94.8 Å². The first kappa shape index (κ1) is 19.6. The van der Waals surface area contributed by atoms with Gasteiger partial charge in [0.1, 0.15) is 17.6 Å². The number of hydrogen-bond acceptors (Lipinski definition) is 4. The Kier molecular flexibility index (Phi) is 5.35. The second kappa shape index (κ2) is 8.44. The van der Waals surface area contributed by atoms with Gasteiger partial charge in [0.2, 0.25) is 0 Å². The summed E-state index contributed by atoms with van der Waals surface area (Å²) in [7, 11) is 0. The largest absolute Gasteiger partial charge is 0.467 e. The number of benzene rings is 1. The highest BCUT2D eigenvalue weighted by Gasteiger charge is 2.44. The van der Waals surface area contributed by atoms with Gasteiger partial charge in [0, 0.05) is 17.0 Å². The molecule has 1 aromatic carbocycles. The van der Waals surface area contributed by atoms with Gasteiger partial charge in [-0.1, -0.05) is 23.7 Å². The van der Waals surface area contributed by atoms with Gasteiger partial charge in [0.05, 0.1) is 18.2 Å². The molecule has 3 aromatic rings. The van der Waals surface area contributed by atoms with E-state index in [1.54, 1.807) is 41.8 Å². The molecule has 5 nitrogen and oxygen atoms in total. The molecule has 1 aliphatic carbocycles. The van der Waals surface area contributed by atoms with Crippen molar-refractivity contribution in [2.75, 3.05) is 0 Å². The zero-order valence-corrected chi connectivity index (χ0v) is 17.5. The number of fused-ring (bicyclic) bond motifs is 1. The Labute approximate surface area is 185 Å². The molecule has 5 rings (SSSR count). The van der Waals surface area contributed by atoms with Gasteiger partial charge < -0.3 is 8.83 Å². The number of amides is 1. The van der Waals surface area contributed by atoms with E-state index in [0.717, 1.165) is 47.6 Å². The van der Waals surface area contributed by atoms with E-state index in [-0.39, 0.29) is 17.9 Å². The molecule has 0 unspecified atom stereocenters. The Hall–Kier alpha value is -3.31. The summed E-state index contributed by atoms with van der Waals surface area (Å²) in [5.41, 5.74) is 2.95. The lowest BCUT2D eigenvalue weighted by atomic mass is 9.79. The summed E-state index contributed by atoms with van der Waals surface area (Å²) in [4.78, 5) is 13.2. The van der Waals surface area contributed by atoms with Crippen LogP contribution in [-0.4, -0.2) is 16.6 Å². The normalized spacial score (nSPS) is 22.2. The van der Waals surface area contributed by atoms with E-state index < -0.39 is 0 Å². The third-order valence-electron chi connectivity index (χ3n) is 5.71. The number of halogens is 1. The Morgan fingerprint density at radius 1 is 1.10 bits per heavy atom. The Balaban J connectivity index is 1.48. The van der Waals surface area contributed by atoms with Crippen LogP contribution >= 0.6 is 11.6 Å². The number of hydrogen-bond donors (Lipinski definition) is 0. The number of carbonyl (C=O) groups excluding carboxylic acids is 1. The molecule has 156 valence electrons. The van der Waals surface area contributed by atoms with E-state index in [9.17, 15) is 4.79 Å². The van der Waals surface area contributed by atoms with Gasteiger partial charge in [-0.25, -0.2) is 5.01 Å². The Morgan fingerprint density at radius 2 is 1.90 bits per heavy atom. The minimum absolute atomic E-state index is 0.0917. The van der Waals surface area contributed by atoms with Crippen molar-refractivity contribution in [1.29, 1.82) is 0 Å². The molecule has 2 atom stereocenters. The second-order valence-corrected chi connectivity index (χ2v) is 8.13. The van der Waals surface area contributed by atoms with Gasteiger partial charge in [0.15, 0.2) is 0 Å². The average Bonchev–Trinajstić information content (AvgIpc) is 3.54. The molecule has 0 bridgehead atoms. The minimum Gasteiger partial charge on any atom is -0.467 e. The first-order valence-corrected chi connectivity index (χ1v) is 10.7. The fraction of sp³-hybridized carbons (Fsp3) is 0.200. The number of nitrogens with zero attached hydrogens (tertiary/aromatic N) is 2. The number of allylic oxidation sites excluding steroid dienone is 1. The predicted molar refractivity (Wildman–Crippen MR) is 120 cm³/mol. The lowest BCUT2D eigenvalue weighted by molar-refractivity contribution is -0.128. The lowest BCUT2D eigenvalue weighted by Gasteiger charge is -2.27. The standard InChI is InChI=1S/C25H21ClN2O3/c26-19-11-8-17(9-12-19)10-13-23(29)28-25(22-7-3-15-31-22)21-6-1-4-18(24(21)27-28)16-20-5-2-14-30-20/h2-3,5,7-16,21,25H,1,4,6H2/b13-10+,18-16+/t21-,25+/m1/s1. The summed E-state index contributed by atoms with van der Waals surface area (Å²) >= 11 is 5.95. The third-order valence-corrected chi connectivity index (χ3v) is 5.96. The molecule has 6 heteroatoms. The van der Waals surface area contributed by atoms with E-state index in [1.165, 1.54) is 0 Å². The van der Waals surface area contributed by atoms with Crippen molar-refractivity contribution in [2.45, 2.75) is 25.3 Å². The fourth-order valence-corrected chi connectivity index (χ4v) is 4.41. The smallest absolute Gasteiger partial charge is 0.267 e. The first-order valence-electron chi connectivity index (χ1n) is 10.3. The maximum Gasteiger partial charge on any atom is 0.267 e. The third kappa shape index (κ3) is 4.01. The van der Waals surface area contributed by atoms with Gasteiger partial charge in [0.25, 0.3) is 5.91 Å². The monoisotopic (exact) mass is 432 g/mol. The van der Waals surface area contributed by atoms with Crippen molar-refractivity contribution in [1.82, 2.24) is 5.01 Å². The fourth-order valence-electron chi connectivity index (χ4n) is 4.28. The number of rotatable bonds is 4. The van der Waals surface area contributed by atoms with E-state index in [1.807, 2.05) is 42.5 Å². The summed E-state index contributed by atoms with van der Waals surface area (Å²) in [6.07, 6.45) is 11.5. The second-order valence-electron chi connectivity index (χ2n) is 7.70. The zero-order chi connectivity index (χ0) is 21.2. The van der Waals surface area contributed by atoms with E-state index in [2.05, 4.69) is 0 Å². The van der Waals surface area contributed by atoms with Gasteiger partial charge in [-0.2, -0.15) is 5.10 Å². The van der Waals surface area contributed by atoms with Crippen molar-refractivity contribution < 1.29 is 13.6 Å². The molecule has 3 heterocycles. The number of carbonyl (C=O) groups is 1. The maximum absolute atomic E-state index is 13.2. The maximum atomic E-state index is 13.2. The van der Waals surface area contributed by atoms with Gasteiger partial charge in [-0.3, -0.25) is 4.79 Å². The molecular weight excluding hydrogens is 412 g/mol. The molecule has 0 N–H and O–H groups in total. The van der Waals surface area contributed by atoms with Crippen LogP contribution in [0.15, 0.2) is 86.6 Å². The van der Waals surface area contributed by atoms with Crippen molar-refractivity contribution in [2.24, 2.45) is 11.0 Å². The quantitative estimate of drug-likeness (QED) is 0.450. The van der Waals surface area contributed by atoms with Crippen LogP contribution in [0.3, 0.4) is 0 Å². The minimum atomic E-state index is -0.257. The lowest BCUT2D eigenvalue weighted by Crippen LogP contribution is -2.30. The van der Waals surface area contributed by atoms with Gasteiger partial charge in [-0.15, -0.1) is 0 Å². The van der Waals surface area contributed by atoms with Crippen molar-refractivity contribution in [3.63, 3.8) is 0 Å². The SMILES string of the molecule is O=C(/C=C/c1ccc(Cl)cc1)N1N=C2/C(=C/c3ccco3)CCC[C@H]2[C@H]1c1ccco1. The molecular formula is C25H21ClN2O3. The zero-order valence-electron chi connectivity index (χ0n) is 16.8. The van der Waals surface area contributed by atoms with Crippen molar-refractivity contribution >= 4 is 35.4 Å². The molecule has 1 amide bonds. The van der Waals surface area contributed by atoms with Crippen LogP contribution in [0.5, 0.6) is 0 Å². The molecule has 2 aromatic heterocycles. The molecule has 31 heavy (non-hydrogen) atoms. The van der Waals surface area contributed by atoms with Crippen LogP contribution in [0.2, 0.25) is 5.02 Å². The van der Waals surface area contributed by atoms with Crippen LogP contribution in [0.25, 0.3) is 12.2 Å². The summed E-state index contributed by atoms with van der Waals surface area (Å²) in [6.45, 7) is 0. The molecule has 1 aliphatic heterocycles. The first-order chi connectivity index (χ1) is 15.2. The van der Waals surface area contributed by atoms with Gasteiger partial charge >= 0.3 is 0 Å². The Bertz CT molecular complexity index is 1140. The summed E-state index contributed by atoms with van der Waals surface area (Å²) < 4.78 is 11.2. The van der Waals surface area contributed by atoms with Crippen LogP contribution in [0, 0.1) is 5.92 Å². The summed E-state index contributed by atoms with van der Waals surface area (Å²) in [5.74, 6) is 1.45. The molecule has 0 radical (unpaired) electrons. The van der Waals surface area contributed by atoms with Crippen LogP contribution < -0.4 is 0 Å². The summed E-state index contributed by atoms with van der Waals surface area (Å²) in [5, 5.41) is 7.02. The number of hydrazone groups is 1. The topological polar surface area (TPSA) is 59.0 Å². The Morgan fingerprint density at radius 3 is 2.65 bits per heavy atom. The molecule has 1 saturated carbocycles. The van der Waals surface area contributed by atoms with Crippen LogP contribution in [-0.2, 0) is 4.79 Å². The van der Waals surface area contributed by atoms with Gasteiger partial charge in [-0.05, 0) is 78.9 Å². The highest BCUT2D eigenvalue weighted by Crippen LogP contribution is 2.44. The molecule has 0 spiro atoms. The van der Waals surface area contributed by atoms with Crippen LogP contribution in [0.4, 0.5) is 0 Å². The van der Waals surface area contributed by atoms with Crippen molar-refractivity contribution in [3.8, 4) is 0 Å².